The Morgan fingerprint density at radius 2 is 0.674 bits per heavy atom. The van der Waals surface area contributed by atoms with E-state index in [2.05, 4.69) is 40.5 Å². The summed E-state index contributed by atoms with van der Waals surface area (Å²) in [6, 6.07) is 0. The number of aromatic nitrogens is 6. The zero-order valence-electron chi connectivity index (χ0n) is 25.3. The topological polar surface area (TPSA) is 244 Å². The van der Waals surface area contributed by atoms with E-state index in [9.17, 15) is 18.3 Å². The number of nitrogens with one attached hydrogen (secondary N) is 2. The number of hydrogen-bond acceptors (Lipinski definition) is 20. The highest BCUT2D eigenvalue weighted by Crippen LogP contribution is 2.48. The normalized spacial score (nSPS) is 13.3. The molecule has 0 aliphatic carbocycles. The second kappa shape index (κ2) is 15.0. The van der Waals surface area contributed by atoms with Crippen molar-refractivity contribution in [2.24, 2.45) is 5.41 Å². The van der Waals surface area contributed by atoms with Crippen molar-refractivity contribution in [1.29, 1.82) is 0 Å². The van der Waals surface area contributed by atoms with Crippen molar-refractivity contribution in [3.63, 3.8) is 0 Å². The zero-order chi connectivity index (χ0) is 32.7. The fourth-order valence-electron chi connectivity index (χ4n) is 3.01. The number of rotatable bonds is 18. The molecule has 0 bridgehead atoms. The van der Waals surface area contributed by atoms with Crippen LogP contribution in [0.3, 0.4) is 0 Å². The molecule has 244 valence electrons. The van der Waals surface area contributed by atoms with Gasteiger partial charge in [-0.2, -0.15) is 29.9 Å². The minimum absolute atomic E-state index is 0.135. The Morgan fingerprint density at radius 1 is 0.465 bits per heavy atom. The molecule has 0 saturated heterocycles. The first-order valence-electron chi connectivity index (χ1n) is 11.9. The molecular formula is C19H36N8O12P4. The van der Waals surface area contributed by atoms with Gasteiger partial charge in [0.05, 0.1) is 0 Å². The highest BCUT2D eigenvalue weighted by molar-refractivity contribution is 7.63. The molecule has 0 unspecified atom stereocenters. The lowest BCUT2D eigenvalue weighted by molar-refractivity contribution is 0.282. The van der Waals surface area contributed by atoms with E-state index in [4.69, 9.17) is 36.2 Å². The van der Waals surface area contributed by atoms with E-state index in [0.29, 0.717) is 0 Å². The van der Waals surface area contributed by atoms with Gasteiger partial charge >= 0.3 is 30.4 Å². The lowest BCUT2D eigenvalue weighted by Gasteiger charge is -2.26. The van der Waals surface area contributed by atoms with Gasteiger partial charge in [0.15, 0.2) is 0 Å². The van der Waals surface area contributed by atoms with Crippen LogP contribution in [0.4, 0.5) is 11.9 Å². The van der Waals surface area contributed by atoms with Gasteiger partial charge in [-0.15, -0.1) is 0 Å². The van der Waals surface area contributed by atoms with Crippen LogP contribution >= 0.6 is 30.4 Å². The molecule has 0 spiro atoms. The molecule has 2 aromatic rings. The predicted molar refractivity (Wildman–Crippen MR) is 155 cm³/mol. The second-order valence-corrected chi connectivity index (χ2v) is 17.3. The fourth-order valence-corrected chi connectivity index (χ4v) is 6.80. The summed E-state index contributed by atoms with van der Waals surface area (Å²) in [5, 5.41) is 5.92. The van der Waals surface area contributed by atoms with Gasteiger partial charge in [0.2, 0.25) is 34.2 Å². The van der Waals surface area contributed by atoms with Gasteiger partial charge in [-0.25, -0.2) is 0 Å². The second-order valence-electron chi connectivity index (χ2n) is 8.84. The van der Waals surface area contributed by atoms with Crippen LogP contribution in [0, 0.1) is 5.41 Å². The Morgan fingerprint density at radius 3 is 0.860 bits per heavy atom. The Hall–Kier alpha value is -1.78. The maximum Gasteiger partial charge on any atom is 0.398 e. The van der Waals surface area contributed by atoms with Crippen LogP contribution < -0.4 is 32.9 Å². The Kier molecular flexibility index (Phi) is 13.0. The first-order chi connectivity index (χ1) is 20.1. The Balaban J connectivity index is 2.41. The molecule has 0 amide bonds. The van der Waals surface area contributed by atoms with Crippen LogP contribution in [0.1, 0.15) is 13.8 Å². The molecule has 0 aliphatic rings. The molecule has 2 N–H and O–H groups in total. The van der Waals surface area contributed by atoms with E-state index in [1.165, 1.54) is 0 Å². The first-order valence-corrected chi connectivity index (χ1v) is 18.1. The van der Waals surface area contributed by atoms with E-state index in [1.54, 1.807) is 0 Å². The van der Waals surface area contributed by atoms with Gasteiger partial charge in [-0.3, -0.25) is 18.3 Å². The standard InChI is InChI=1S/C19H36N8O12P4/c1-19(2,11-20-13-22-15(40(28,32-3)33-4)26-16(23-13)41(29,34-5)35-6)12-21-14-24-17(42(30,36-7)37-8)27-18(25-14)43(31,38-9)39-10/h11-12H2,1-10H3,(H,20,22,23,26)(H,21,24,25,27). The summed E-state index contributed by atoms with van der Waals surface area (Å²) in [6.07, 6.45) is 0. The van der Waals surface area contributed by atoms with Gasteiger partial charge in [-0.05, 0) is 5.41 Å². The predicted octanol–water partition coefficient (Wildman–Crippen LogP) is 1.05. The quantitative estimate of drug-likeness (QED) is 0.207. The molecular weight excluding hydrogens is 656 g/mol. The summed E-state index contributed by atoms with van der Waals surface area (Å²) in [5.41, 5.74) is -2.37. The van der Waals surface area contributed by atoms with E-state index in [1.807, 2.05) is 13.8 Å². The molecule has 2 rings (SSSR count). The Labute approximate surface area is 248 Å². The summed E-state index contributed by atoms with van der Waals surface area (Å²) in [7, 11) is -6.92. The third-order valence-corrected chi connectivity index (χ3v) is 12.2. The van der Waals surface area contributed by atoms with E-state index in [-0.39, 0.29) is 25.0 Å². The molecule has 0 fully saturated rings. The maximum absolute atomic E-state index is 13.0. The fraction of sp³-hybridized carbons (Fsp3) is 0.684. The van der Waals surface area contributed by atoms with E-state index in [0.717, 1.165) is 56.9 Å². The molecule has 2 aromatic heterocycles. The monoisotopic (exact) mass is 692 g/mol. The molecule has 0 aliphatic heterocycles. The van der Waals surface area contributed by atoms with Crippen molar-refractivity contribution in [3.05, 3.63) is 0 Å². The van der Waals surface area contributed by atoms with Gasteiger partial charge in [0.1, 0.15) is 0 Å². The maximum atomic E-state index is 13.0. The van der Waals surface area contributed by atoms with Crippen molar-refractivity contribution in [1.82, 2.24) is 29.9 Å². The van der Waals surface area contributed by atoms with E-state index < -0.39 is 58.1 Å². The number of hydrogen-bond donors (Lipinski definition) is 2. The zero-order valence-corrected chi connectivity index (χ0v) is 28.9. The van der Waals surface area contributed by atoms with E-state index >= 15 is 0 Å². The van der Waals surface area contributed by atoms with Crippen molar-refractivity contribution >= 4 is 64.5 Å². The molecule has 43 heavy (non-hydrogen) atoms. The third-order valence-electron chi connectivity index (χ3n) is 5.58. The van der Waals surface area contributed by atoms with Gasteiger partial charge in [0.25, 0.3) is 0 Å². The molecule has 0 aromatic carbocycles. The first kappa shape index (κ1) is 37.4. The Bertz CT molecular complexity index is 1240. The van der Waals surface area contributed by atoms with Gasteiger partial charge < -0.3 is 46.8 Å². The lowest BCUT2D eigenvalue weighted by Crippen LogP contribution is -2.36. The van der Waals surface area contributed by atoms with Crippen molar-refractivity contribution in [2.45, 2.75) is 13.8 Å². The SMILES string of the molecule is COP(=O)(OC)c1nc(NCC(C)(C)CNc2nc(P(=O)(OC)OC)nc(P(=O)(OC)OC)n2)nc(P(=O)(OC)OC)n1. The summed E-state index contributed by atoms with van der Waals surface area (Å²) in [4.78, 5) is 24.4. The summed E-state index contributed by atoms with van der Waals surface area (Å²) in [5.74, 6) is -0.271. The average Bonchev–Trinajstić information content (AvgIpc) is 3.04. The van der Waals surface area contributed by atoms with Crippen LogP contribution in [0.2, 0.25) is 0 Å². The van der Waals surface area contributed by atoms with Crippen LogP contribution in [-0.4, -0.2) is 99.9 Å². The largest absolute Gasteiger partial charge is 0.398 e. The molecule has 0 atom stereocenters. The van der Waals surface area contributed by atoms with Crippen LogP contribution in [-0.2, 0) is 54.5 Å². The number of nitrogens with zero attached hydrogens (tertiary/aromatic N) is 6. The summed E-state index contributed by atoms with van der Waals surface area (Å²) < 4.78 is 91.8. The molecule has 20 nitrogen and oxygen atoms in total. The smallest absolute Gasteiger partial charge is 0.353 e. The molecule has 2 heterocycles. The van der Waals surface area contributed by atoms with Crippen LogP contribution in [0.15, 0.2) is 0 Å². The molecule has 24 heteroatoms. The van der Waals surface area contributed by atoms with Gasteiger partial charge in [0, 0.05) is 70.0 Å². The van der Waals surface area contributed by atoms with Gasteiger partial charge in [-0.1, -0.05) is 13.8 Å². The summed E-state index contributed by atoms with van der Waals surface area (Å²) in [6.45, 7) is 3.94. The molecule has 0 radical (unpaired) electrons. The van der Waals surface area contributed by atoms with Crippen molar-refractivity contribution in [3.8, 4) is 0 Å². The van der Waals surface area contributed by atoms with Crippen LogP contribution in [0.25, 0.3) is 0 Å². The van der Waals surface area contributed by atoms with Crippen LogP contribution in [0.5, 0.6) is 0 Å². The highest BCUT2D eigenvalue weighted by atomic mass is 31.2. The minimum Gasteiger partial charge on any atom is -0.353 e. The molecule has 0 saturated carbocycles. The minimum atomic E-state index is -4.00. The number of anilines is 2. The summed E-state index contributed by atoms with van der Waals surface area (Å²) >= 11 is 0. The highest BCUT2D eigenvalue weighted by Gasteiger charge is 2.38. The van der Waals surface area contributed by atoms with Crippen molar-refractivity contribution < 1.29 is 54.5 Å². The lowest BCUT2D eigenvalue weighted by atomic mass is 9.93. The van der Waals surface area contributed by atoms with Crippen molar-refractivity contribution in [2.75, 3.05) is 80.6 Å². The average molecular weight is 692 g/mol. The third kappa shape index (κ3) is 8.69.